The molecule has 0 radical (unpaired) electrons. The predicted octanol–water partition coefficient (Wildman–Crippen LogP) is 7.46. The van der Waals surface area contributed by atoms with E-state index in [2.05, 4.69) is 12.2 Å². The van der Waals surface area contributed by atoms with Crippen LogP contribution in [0.5, 0.6) is 5.75 Å². The molecule has 1 saturated carbocycles. The molecule has 0 bridgehead atoms. The number of rotatable bonds is 7. The van der Waals surface area contributed by atoms with E-state index in [-0.39, 0.29) is 16.9 Å². The first-order valence-corrected chi connectivity index (χ1v) is 10.4. The summed E-state index contributed by atoms with van der Waals surface area (Å²) in [6.45, 7) is 2.04. The van der Waals surface area contributed by atoms with Gasteiger partial charge >= 0.3 is 6.11 Å². The van der Waals surface area contributed by atoms with Gasteiger partial charge in [0.15, 0.2) is 0 Å². The van der Waals surface area contributed by atoms with Gasteiger partial charge in [0.2, 0.25) is 0 Å². The molecule has 0 atom stereocenters. The number of halogens is 3. The van der Waals surface area contributed by atoms with Crippen LogP contribution in [0.4, 0.5) is 13.2 Å². The van der Waals surface area contributed by atoms with Gasteiger partial charge in [-0.3, -0.25) is 0 Å². The molecule has 3 rings (SSSR count). The molecule has 30 heavy (non-hydrogen) atoms. The van der Waals surface area contributed by atoms with E-state index in [0.717, 1.165) is 42.9 Å². The molecule has 158 valence electrons. The lowest BCUT2D eigenvalue weighted by molar-refractivity contribution is -0.185. The second-order valence-corrected chi connectivity index (χ2v) is 7.86. The highest BCUT2D eigenvalue weighted by atomic mass is 19.3. The Balaban J connectivity index is 1.61. The van der Waals surface area contributed by atoms with Crippen LogP contribution in [-0.4, -0.2) is 0 Å². The van der Waals surface area contributed by atoms with Crippen molar-refractivity contribution in [3.63, 3.8) is 0 Å². The zero-order valence-electron chi connectivity index (χ0n) is 17.1. The average molecular weight is 413 g/mol. The standard InChI is InChI=1S/C25H26F3NO/c1-2-3-4-5-18-6-8-19(9-7-18)20-10-13-22(14-11-20)25(27,28)30-23-15-12-21(17-29)24(26)16-23/h2-3,10-16,18-19H,4-9H2,1H3/t18-,19-. The molecule has 2 aromatic carbocycles. The summed E-state index contributed by atoms with van der Waals surface area (Å²) in [7, 11) is 0. The van der Waals surface area contributed by atoms with Gasteiger partial charge in [-0.15, -0.1) is 0 Å². The molecular formula is C25H26F3NO. The van der Waals surface area contributed by atoms with Crippen molar-refractivity contribution in [2.24, 2.45) is 5.92 Å². The molecule has 2 nitrogen and oxygen atoms in total. The van der Waals surface area contributed by atoms with E-state index in [1.54, 1.807) is 18.2 Å². The Morgan fingerprint density at radius 1 is 1.10 bits per heavy atom. The number of hydrogen-bond donors (Lipinski definition) is 0. The fraction of sp³-hybridized carbons (Fsp3) is 0.400. The van der Waals surface area contributed by atoms with Gasteiger partial charge < -0.3 is 4.74 Å². The Morgan fingerprint density at radius 3 is 2.40 bits per heavy atom. The van der Waals surface area contributed by atoms with Gasteiger partial charge in [-0.2, -0.15) is 14.0 Å². The largest absolute Gasteiger partial charge is 0.429 e. The van der Waals surface area contributed by atoms with Crippen molar-refractivity contribution in [1.29, 1.82) is 5.26 Å². The molecule has 1 fully saturated rings. The lowest BCUT2D eigenvalue weighted by Crippen LogP contribution is -2.22. The lowest BCUT2D eigenvalue weighted by atomic mass is 9.77. The van der Waals surface area contributed by atoms with Crippen LogP contribution in [0.1, 0.15) is 68.1 Å². The van der Waals surface area contributed by atoms with Crippen molar-refractivity contribution in [2.45, 2.75) is 57.5 Å². The third-order valence-corrected chi connectivity index (χ3v) is 5.85. The van der Waals surface area contributed by atoms with Crippen LogP contribution in [0.25, 0.3) is 0 Å². The van der Waals surface area contributed by atoms with Gasteiger partial charge in [0, 0.05) is 6.07 Å². The Hall–Kier alpha value is -2.74. The van der Waals surface area contributed by atoms with E-state index in [0.29, 0.717) is 5.92 Å². The summed E-state index contributed by atoms with van der Waals surface area (Å²) in [5, 5.41) is 8.73. The van der Waals surface area contributed by atoms with Crippen LogP contribution in [0.15, 0.2) is 54.6 Å². The molecule has 0 N–H and O–H groups in total. The van der Waals surface area contributed by atoms with E-state index >= 15 is 0 Å². The highest BCUT2D eigenvalue weighted by Gasteiger charge is 2.35. The van der Waals surface area contributed by atoms with Crippen LogP contribution < -0.4 is 4.74 Å². The Morgan fingerprint density at radius 2 is 1.80 bits per heavy atom. The summed E-state index contributed by atoms with van der Waals surface area (Å²) in [6.07, 6.45) is 7.55. The van der Waals surface area contributed by atoms with Crippen molar-refractivity contribution in [1.82, 2.24) is 0 Å². The SMILES string of the molecule is CC=CCC[C@H]1CC[C@H](c2ccc(C(F)(F)Oc3ccc(C#N)c(F)c3)cc2)CC1. The molecule has 0 spiro atoms. The van der Waals surface area contributed by atoms with Gasteiger partial charge in [0.25, 0.3) is 0 Å². The summed E-state index contributed by atoms with van der Waals surface area (Å²) in [6, 6.07) is 11.0. The minimum absolute atomic E-state index is 0.216. The van der Waals surface area contributed by atoms with Crippen molar-refractivity contribution in [3.8, 4) is 11.8 Å². The molecule has 0 heterocycles. The van der Waals surface area contributed by atoms with Gasteiger partial charge in [-0.1, -0.05) is 24.3 Å². The monoisotopic (exact) mass is 413 g/mol. The lowest BCUT2D eigenvalue weighted by Gasteiger charge is -2.29. The van der Waals surface area contributed by atoms with Crippen LogP contribution in [-0.2, 0) is 6.11 Å². The maximum Gasteiger partial charge on any atom is 0.426 e. The maximum absolute atomic E-state index is 14.5. The quantitative estimate of drug-likeness (QED) is 0.442. The first-order valence-electron chi connectivity index (χ1n) is 10.4. The van der Waals surface area contributed by atoms with Crippen LogP contribution in [0, 0.1) is 23.1 Å². The topological polar surface area (TPSA) is 33.0 Å². The third-order valence-electron chi connectivity index (χ3n) is 5.85. The van der Waals surface area contributed by atoms with Crippen LogP contribution in [0.2, 0.25) is 0 Å². The van der Waals surface area contributed by atoms with Crippen molar-refractivity contribution in [2.75, 3.05) is 0 Å². The van der Waals surface area contributed by atoms with E-state index in [1.807, 2.05) is 6.92 Å². The zero-order valence-corrected chi connectivity index (χ0v) is 17.1. The summed E-state index contributed by atoms with van der Waals surface area (Å²) in [4.78, 5) is 0. The molecule has 2 aromatic rings. The normalized spacial score (nSPS) is 19.6. The molecule has 1 aliphatic carbocycles. The van der Waals surface area contributed by atoms with E-state index in [1.165, 1.54) is 37.5 Å². The summed E-state index contributed by atoms with van der Waals surface area (Å²) < 4.78 is 47.4. The Kier molecular flexibility index (Phi) is 7.20. The highest BCUT2D eigenvalue weighted by molar-refractivity contribution is 5.37. The van der Waals surface area contributed by atoms with E-state index in [4.69, 9.17) is 10.00 Å². The number of nitriles is 1. The van der Waals surface area contributed by atoms with Crippen LogP contribution >= 0.6 is 0 Å². The minimum atomic E-state index is -3.59. The first-order chi connectivity index (χ1) is 14.4. The minimum Gasteiger partial charge on any atom is -0.429 e. The summed E-state index contributed by atoms with van der Waals surface area (Å²) >= 11 is 0. The third kappa shape index (κ3) is 5.44. The fourth-order valence-corrected chi connectivity index (χ4v) is 4.09. The molecule has 5 heteroatoms. The molecule has 0 aliphatic heterocycles. The number of alkyl halides is 2. The molecule has 0 aromatic heterocycles. The van der Waals surface area contributed by atoms with E-state index in [9.17, 15) is 13.2 Å². The van der Waals surface area contributed by atoms with Crippen LogP contribution in [0.3, 0.4) is 0 Å². The summed E-state index contributed by atoms with van der Waals surface area (Å²) in [5.41, 5.74) is 0.577. The van der Waals surface area contributed by atoms with Crippen molar-refractivity contribution in [3.05, 3.63) is 77.1 Å². The average Bonchev–Trinajstić information content (AvgIpc) is 2.74. The second-order valence-electron chi connectivity index (χ2n) is 7.86. The first kappa shape index (κ1) is 22.0. The second kappa shape index (κ2) is 9.84. The molecule has 0 amide bonds. The number of benzene rings is 2. The Labute approximate surface area is 176 Å². The number of hydrogen-bond acceptors (Lipinski definition) is 2. The maximum atomic E-state index is 14.5. The fourth-order valence-electron chi connectivity index (χ4n) is 4.09. The van der Waals surface area contributed by atoms with E-state index < -0.39 is 11.9 Å². The molecule has 0 saturated heterocycles. The van der Waals surface area contributed by atoms with Crippen molar-refractivity contribution < 1.29 is 17.9 Å². The van der Waals surface area contributed by atoms with Gasteiger partial charge in [0.1, 0.15) is 17.6 Å². The zero-order chi connectivity index (χ0) is 21.6. The Bertz CT molecular complexity index is 907. The van der Waals surface area contributed by atoms with Gasteiger partial charge in [-0.05, 0) is 87.1 Å². The smallest absolute Gasteiger partial charge is 0.426 e. The van der Waals surface area contributed by atoms with Gasteiger partial charge in [-0.25, -0.2) is 4.39 Å². The van der Waals surface area contributed by atoms with Crippen molar-refractivity contribution >= 4 is 0 Å². The summed E-state index contributed by atoms with van der Waals surface area (Å²) in [5.74, 6) is -0.0549. The van der Waals surface area contributed by atoms with Gasteiger partial charge in [0.05, 0.1) is 11.1 Å². The number of ether oxygens (including phenoxy) is 1. The molecular weight excluding hydrogens is 387 g/mol. The highest BCUT2D eigenvalue weighted by Crippen LogP contribution is 2.39. The number of nitrogens with zero attached hydrogens (tertiary/aromatic N) is 1. The molecule has 0 unspecified atom stereocenters. The molecule has 1 aliphatic rings. The number of allylic oxidation sites excluding steroid dienone is 2. The predicted molar refractivity (Wildman–Crippen MR) is 111 cm³/mol.